The van der Waals surface area contributed by atoms with Crippen LogP contribution in [-0.2, 0) is 10.0 Å². The second-order valence-electron chi connectivity index (χ2n) is 5.35. The molecule has 0 radical (unpaired) electrons. The van der Waals surface area contributed by atoms with E-state index >= 15 is 0 Å². The number of hydrogen-bond acceptors (Lipinski definition) is 3. The summed E-state index contributed by atoms with van der Waals surface area (Å²) in [7, 11) is 1.03. The smallest absolute Gasteiger partial charge is 0.211 e. The standard InChI is InChI=1S/C12H26N2O2S/c1-4-9-17(15,16)13-12-8-6-5-7-11(12)10-14(2)3/h11-13H,4-10H2,1-3H3. The first kappa shape index (κ1) is 14.9. The molecule has 0 spiro atoms. The molecule has 2 atom stereocenters. The summed E-state index contributed by atoms with van der Waals surface area (Å²) in [6.07, 6.45) is 5.17. The van der Waals surface area contributed by atoms with Gasteiger partial charge in [-0.2, -0.15) is 0 Å². The Kier molecular flexibility index (Phi) is 5.89. The molecule has 0 aromatic rings. The van der Waals surface area contributed by atoms with E-state index in [1.807, 2.05) is 21.0 Å². The van der Waals surface area contributed by atoms with E-state index in [9.17, 15) is 8.42 Å². The molecule has 1 fully saturated rings. The molecule has 0 saturated heterocycles. The lowest BCUT2D eigenvalue weighted by Gasteiger charge is -2.33. The average molecular weight is 262 g/mol. The van der Waals surface area contributed by atoms with Crippen LogP contribution in [0, 0.1) is 5.92 Å². The lowest BCUT2D eigenvalue weighted by Crippen LogP contribution is -2.46. The molecule has 4 nitrogen and oxygen atoms in total. The van der Waals surface area contributed by atoms with Crippen LogP contribution in [0.15, 0.2) is 0 Å². The van der Waals surface area contributed by atoms with Crippen LogP contribution in [0.2, 0.25) is 0 Å². The predicted octanol–water partition coefficient (Wildman–Crippen LogP) is 1.44. The highest BCUT2D eigenvalue weighted by molar-refractivity contribution is 7.89. The molecule has 1 aliphatic carbocycles. The van der Waals surface area contributed by atoms with Crippen molar-refractivity contribution in [3.63, 3.8) is 0 Å². The fraction of sp³-hybridized carbons (Fsp3) is 1.00. The van der Waals surface area contributed by atoms with E-state index in [0.29, 0.717) is 12.3 Å². The van der Waals surface area contributed by atoms with Gasteiger partial charge in [0.15, 0.2) is 0 Å². The van der Waals surface area contributed by atoms with Crippen molar-refractivity contribution >= 4 is 10.0 Å². The van der Waals surface area contributed by atoms with E-state index in [2.05, 4.69) is 9.62 Å². The Hall–Kier alpha value is -0.130. The molecule has 5 heteroatoms. The molecule has 0 aromatic carbocycles. The highest BCUT2D eigenvalue weighted by Gasteiger charge is 2.28. The van der Waals surface area contributed by atoms with Gasteiger partial charge in [-0.15, -0.1) is 0 Å². The fourth-order valence-corrected chi connectivity index (χ4v) is 4.04. The first-order valence-electron chi connectivity index (χ1n) is 6.59. The molecule has 0 aromatic heterocycles. The van der Waals surface area contributed by atoms with E-state index in [-0.39, 0.29) is 11.8 Å². The Morgan fingerprint density at radius 3 is 2.47 bits per heavy atom. The maximum atomic E-state index is 11.8. The summed E-state index contributed by atoms with van der Waals surface area (Å²) < 4.78 is 26.5. The van der Waals surface area contributed by atoms with Crippen LogP contribution < -0.4 is 4.72 Å². The van der Waals surface area contributed by atoms with E-state index in [1.165, 1.54) is 6.42 Å². The Morgan fingerprint density at radius 2 is 1.88 bits per heavy atom. The summed E-state index contributed by atoms with van der Waals surface area (Å²) in [5.41, 5.74) is 0. The number of nitrogens with zero attached hydrogens (tertiary/aromatic N) is 1. The number of rotatable bonds is 6. The summed E-state index contributed by atoms with van der Waals surface area (Å²) in [4.78, 5) is 2.15. The van der Waals surface area contributed by atoms with Gasteiger partial charge in [0.1, 0.15) is 0 Å². The number of nitrogens with one attached hydrogen (secondary N) is 1. The fourth-order valence-electron chi connectivity index (χ4n) is 2.61. The number of hydrogen-bond donors (Lipinski definition) is 1. The van der Waals surface area contributed by atoms with Crippen molar-refractivity contribution in [3.8, 4) is 0 Å². The maximum Gasteiger partial charge on any atom is 0.211 e. The number of sulfonamides is 1. The van der Waals surface area contributed by atoms with E-state index in [1.54, 1.807) is 0 Å². The molecule has 1 aliphatic rings. The van der Waals surface area contributed by atoms with Gasteiger partial charge in [-0.3, -0.25) is 0 Å². The molecule has 0 heterocycles. The van der Waals surface area contributed by atoms with Gasteiger partial charge in [-0.1, -0.05) is 19.8 Å². The third-order valence-corrected chi connectivity index (χ3v) is 4.92. The average Bonchev–Trinajstić information content (AvgIpc) is 2.19. The molecule has 102 valence electrons. The third-order valence-electron chi connectivity index (χ3n) is 3.31. The molecular formula is C12H26N2O2S. The second kappa shape index (κ2) is 6.71. The minimum Gasteiger partial charge on any atom is -0.309 e. The van der Waals surface area contributed by atoms with Gasteiger partial charge in [0.05, 0.1) is 5.75 Å². The van der Waals surface area contributed by atoms with Crippen molar-refractivity contribution in [1.82, 2.24) is 9.62 Å². The van der Waals surface area contributed by atoms with E-state index < -0.39 is 10.0 Å². The van der Waals surface area contributed by atoms with Crippen LogP contribution in [0.25, 0.3) is 0 Å². The molecule has 17 heavy (non-hydrogen) atoms. The zero-order valence-corrected chi connectivity index (χ0v) is 12.1. The van der Waals surface area contributed by atoms with Crippen molar-refractivity contribution in [2.24, 2.45) is 5.92 Å². The highest BCUT2D eigenvalue weighted by atomic mass is 32.2. The quantitative estimate of drug-likeness (QED) is 0.788. The lowest BCUT2D eigenvalue weighted by atomic mass is 9.85. The van der Waals surface area contributed by atoms with Crippen molar-refractivity contribution in [1.29, 1.82) is 0 Å². The minimum atomic E-state index is -3.07. The highest BCUT2D eigenvalue weighted by Crippen LogP contribution is 2.25. The summed E-state index contributed by atoms with van der Waals surface area (Å²) in [6, 6.07) is 0.141. The van der Waals surface area contributed by atoms with Gasteiger partial charge in [0.2, 0.25) is 10.0 Å². The van der Waals surface area contributed by atoms with Crippen LogP contribution in [0.3, 0.4) is 0 Å². The monoisotopic (exact) mass is 262 g/mol. The van der Waals surface area contributed by atoms with Gasteiger partial charge in [-0.05, 0) is 39.3 Å². The molecule has 2 unspecified atom stereocenters. The predicted molar refractivity (Wildman–Crippen MR) is 71.5 cm³/mol. The summed E-state index contributed by atoms with van der Waals surface area (Å²) >= 11 is 0. The first-order chi connectivity index (χ1) is 7.94. The summed E-state index contributed by atoms with van der Waals surface area (Å²) in [6.45, 7) is 2.87. The van der Waals surface area contributed by atoms with Gasteiger partial charge in [0.25, 0.3) is 0 Å². The first-order valence-corrected chi connectivity index (χ1v) is 8.24. The summed E-state index contributed by atoms with van der Waals surface area (Å²) in [5.74, 6) is 0.712. The zero-order chi connectivity index (χ0) is 12.9. The zero-order valence-electron chi connectivity index (χ0n) is 11.3. The maximum absolute atomic E-state index is 11.8. The molecule has 0 bridgehead atoms. The van der Waals surface area contributed by atoms with Crippen LogP contribution >= 0.6 is 0 Å². The Balaban J connectivity index is 2.59. The molecular weight excluding hydrogens is 236 g/mol. The Bertz CT molecular complexity index is 314. The van der Waals surface area contributed by atoms with Crippen LogP contribution in [0.5, 0.6) is 0 Å². The normalized spacial score (nSPS) is 26.4. The van der Waals surface area contributed by atoms with Gasteiger partial charge >= 0.3 is 0 Å². The van der Waals surface area contributed by atoms with E-state index in [4.69, 9.17) is 0 Å². The van der Waals surface area contributed by atoms with Gasteiger partial charge in [0, 0.05) is 12.6 Å². The molecule has 0 amide bonds. The largest absolute Gasteiger partial charge is 0.309 e. The van der Waals surface area contributed by atoms with Crippen molar-refractivity contribution in [3.05, 3.63) is 0 Å². The minimum absolute atomic E-state index is 0.141. The van der Waals surface area contributed by atoms with Crippen molar-refractivity contribution < 1.29 is 8.42 Å². The molecule has 0 aliphatic heterocycles. The van der Waals surface area contributed by atoms with Crippen molar-refractivity contribution in [2.45, 2.75) is 45.1 Å². The molecule has 1 N–H and O–H groups in total. The van der Waals surface area contributed by atoms with Crippen LogP contribution in [-0.4, -0.2) is 45.8 Å². The molecule has 1 saturated carbocycles. The van der Waals surface area contributed by atoms with Crippen LogP contribution in [0.4, 0.5) is 0 Å². The SMILES string of the molecule is CCCS(=O)(=O)NC1CCCCC1CN(C)C. The lowest BCUT2D eigenvalue weighted by molar-refractivity contribution is 0.224. The Labute approximate surface area is 106 Å². The second-order valence-corrected chi connectivity index (χ2v) is 7.22. The summed E-state index contributed by atoms with van der Waals surface area (Å²) in [5, 5.41) is 0. The van der Waals surface area contributed by atoms with Gasteiger partial charge in [-0.25, -0.2) is 13.1 Å². The van der Waals surface area contributed by atoms with Gasteiger partial charge < -0.3 is 4.90 Å². The van der Waals surface area contributed by atoms with E-state index in [0.717, 1.165) is 25.8 Å². The third kappa shape index (κ3) is 5.36. The Morgan fingerprint density at radius 1 is 1.24 bits per heavy atom. The van der Waals surface area contributed by atoms with Crippen molar-refractivity contribution in [2.75, 3.05) is 26.4 Å². The topological polar surface area (TPSA) is 49.4 Å². The van der Waals surface area contributed by atoms with Crippen LogP contribution in [0.1, 0.15) is 39.0 Å². The molecule has 1 rings (SSSR count).